The van der Waals surface area contributed by atoms with E-state index in [2.05, 4.69) is 0 Å². The normalized spacial score (nSPS) is 38.4. The molecule has 1 heterocycles. The minimum Gasteiger partial charge on any atom is -0.393 e. The van der Waals surface area contributed by atoms with Crippen LogP contribution in [-0.2, 0) is 9.47 Å². The summed E-state index contributed by atoms with van der Waals surface area (Å²) in [5.41, 5.74) is -0.497. The molecule has 60 valence electrons. The molecule has 0 aromatic carbocycles. The third-order valence-electron chi connectivity index (χ3n) is 1.55. The molecule has 1 saturated heterocycles. The highest BCUT2D eigenvalue weighted by molar-refractivity contribution is 4.82. The first-order valence-electron chi connectivity index (χ1n) is 3.42. The van der Waals surface area contributed by atoms with E-state index >= 15 is 0 Å². The third kappa shape index (κ3) is 1.48. The zero-order chi connectivity index (χ0) is 7.83. The summed E-state index contributed by atoms with van der Waals surface area (Å²) in [6.45, 7) is 6.00. The van der Waals surface area contributed by atoms with Gasteiger partial charge in [-0.25, -0.2) is 0 Å². The summed E-state index contributed by atoms with van der Waals surface area (Å²) in [7, 11) is 0. The van der Waals surface area contributed by atoms with Crippen LogP contribution in [0.1, 0.15) is 20.8 Å². The lowest BCUT2D eigenvalue weighted by Gasteiger charge is -2.22. The van der Waals surface area contributed by atoms with Gasteiger partial charge in [-0.1, -0.05) is 0 Å². The summed E-state index contributed by atoms with van der Waals surface area (Å²) in [5.74, 6) is -0.530. The molecule has 10 heavy (non-hydrogen) atoms. The van der Waals surface area contributed by atoms with Crippen LogP contribution in [0.5, 0.6) is 0 Å². The van der Waals surface area contributed by atoms with E-state index in [1.54, 1.807) is 0 Å². The molecule has 0 spiro atoms. The van der Waals surface area contributed by atoms with E-state index in [4.69, 9.17) is 14.6 Å². The lowest BCUT2D eigenvalue weighted by molar-refractivity contribution is -0.164. The van der Waals surface area contributed by atoms with Gasteiger partial charge >= 0.3 is 0 Å². The summed E-state index contributed by atoms with van der Waals surface area (Å²) in [4.78, 5) is 0. The standard InChI is InChI=1S/C7H14O3/c1-6(2)9-5-7(3,4-8)10-6/h8H,4-5H2,1-3H3/t7-/m1/s1. The Morgan fingerprint density at radius 2 is 2.00 bits per heavy atom. The molecule has 0 bridgehead atoms. The van der Waals surface area contributed by atoms with Crippen molar-refractivity contribution in [2.45, 2.75) is 32.2 Å². The second kappa shape index (κ2) is 2.19. The molecule has 1 rings (SSSR count). The lowest BCUT2D eigenvalue weighted by atomic mass is 10.1. The van der Waals surface area contributed by atoms with E-state index in [9.17, 15) is 0 Å². The van der Waals surface area contributed by atoms with Gasteiger partial charge in [-0.05, 0) is 20.8 Å². The number of ether oxygens (including phenoxy) is 2. The number of hydrogen-bond donors (Lipinski definition) is 1. The lowest BCUT2D eigenvalue weighted by Crippen LogP contribution is -2.34. The Kier molecular flexibility index (Phi) is 1.75. The van der Waals surface area contributed by atoms with Crippen molar-refractivity contribution in [2.24, 2.45) is 0 Å². The van der Waals surface area contributed by atoms with Gasteiger partial charge in [0.05, 0.1) is 13.2 Å². The van der Waals surface area contributed by atoms with Gasteiger partial charge in [0.1, 0.15) is 5.60 Å². The smallest absolute Gasteiger partial charge is 0.163 e. The molecule has 3 heteroatoms. The van der Waals surface area contributed by atoms with E-state index < -0.39 is 11.4 Å². The molecule has 1 fully saturated rings. The van der Waals surface area contributed by atoms with E-state index in [-0.39, 0.29) is 6.61 Å². The summed E-state index contributed by atoms with van der Waals surface area (Å²) in [6, 6.07) is 0. The molecule has 0 unspecified atom stereocenters. The fraction of sp³-hybridized carbons (Fsp3) is 1.00. The van der Waals surface area contributed by atoms with Crippen LogP contribution in [0, 0.1) is 0 Å². The fourth-order valence-corrected chi connectivity index (χ4v) is 1.06. The highest BCUT2D eigenvalue weighted by Gasteiger charge is 2.41. The Morgan fingerprint density at radius 3 is 2.20 bits per heavy atom. The van der Waals surface area contributed by atoms with E-state index in [1.165, 1.54) is 0 Å². The first-order chi connectivity index (χ1) is 4.47. The van der Waals surface area contributed by atoms with Gasteiger partial charge in [0, 0.05) is 0 Å². The maximum atomic E-state index is 8.85. The van der Waals surface area contributed by atoms with Gasteiger partial charge in [0.2, 0.25) is 0 Å². The molecule has 1 atom stereocenters. The minimum atomic E-state index is -0.530. The van der Waals surface area contributed by atoms with Gasteiger partial charge in [-0.15, -0.1) is 0 Å². The van der Waals surface area contributed by atoms with E-state index in [1.807, 2.05) is 20.8 Å². The van der Waals surface area contributed by atoms with Crippen LogP contribution in [0.25, 0.3) is 0 Å². The second-order valence-corrected chi connectivity index (χ2v) is 3.40. The molecule has 1 aliphatic rings. The SMILES string of the molecule is CC1(C)OC[C@@](C)(CO)O1. The third-order valence-corrected chi connectivity index (χ3v) is 1.55. The Labute approximate surface area is 60.9 Å². The van der Waals surface area contributed by atoms with Crippen LogP contribution in [0.4, 0.5) is 0 Å². The molecule has 0 aromatic rings. The molecule has 0 radical (unpaired) electrons. The highest BCUT2D eigenvalue weighted by Crippen LogP contribution is 2.29. The van der Waals surface area contributed by atoms with Crippen LogP contribution >= 0.6 is 0 Å². The summed E-state index contributed by atoms with van der Waals surface area (Å²) >= 11 is 0. The average Bonchev–Trinajstić information content (AvgIpc) is 2.08. The van der Waals surface area contributed by atoms with Crippen molar-refractivity contribution in [1.29, 1.82) is 0 Å². The van der Waals surface area contributed by atoms with Gasteiger partial charge in [-0.2, -0.15) is 0 Å². The summed E-state index contributed by atoms with van der Waals surface area (Å²) < 4.78 is 10.7. The van der Waals surface area contributed by atoms with Crippen molar-refractivity contribution in [3.05, 3.63) is 0 Å². The second-order valence-electron chi connectivity index (χ2n) is 3.40. The zero-order valence-electron chi connectivity index (χ0n) is 6.68. The summed E-state index contributed by atoms with van der Waals surface area (Å²) in [6.07, 6.45) is 0. The van der Waals surface area contributed by atoms with Crippen molar-refractivity contribution in [2.75, 3.05) is 13.2 Å². The number of rotatable bonds is 1. The zero-order valence-corrected chi connectivity index (χ0v) is 6.68. The predicted molar refractivity (Wildman–Crippen MR) is 36.6 cm³/mol. The fourth-order valence-electron chi connectivity index (χ4n) is 1.06. The Hall–Kier alpha value is -0.120. The van der Waals surface area contributed by atoms with Crippen LogP contribution in [-0.4, -0.2) is 29.7 Å². The molecule has 0 amide bonds. The molecule has 1 N–H and O–H groups in total. The Bertz CT molecular complexity index is 133. The Balaban J connectivity index is 2.57. The number of hydrogen-bond acceptors (Lipinski definition) is 3. The van der Waals surface area contributed by atoms with Crippen LogP contribution in [0.2, 0.25) is 0 Å². The number of aliphatic hydroxyl groups is 1. The molecular weight excluding hydrogens is 132 g/mol. The number of aliphatic hydroxyl groups excluding tert-OH is 1. The van der Waals surface area contributed by atoms with Crippen LogP contribution < -0.4 is 0 Å². The average molecular weight is 146 g/mol. The van der Waals surface area contributed by atoms with Gasteiger partial charge < -0.3 is 14.6 Å². The molecule has 0 saturated carbocycles. The van der Waals surface area contributed by atoms with Crippen molar-refractivity contribution >= 4 is 0 Å². The molecular formula is C7H14O3. The van der Waals surface area contributed by atoms with Gasteiger partial charge in [0.25, 0.3) is 0 Å². The molecule has 0 aromatic heterocycles. The molecule has 1 aliphatic heterocycles. The van der Waals surface area contributed by atoms with E-state index in [0.717, 1.165) is 0 Å². The van der Waals surface area contributed by atoms with Crippen molar-refractivity contribution in [3.63, 3.8) is 0 Å². The van der Waals surface area contributed by atoms with Crippen molar-refractivity contribution in [1.82, 2.24) is 0 Å². The van der Waals surface area contributed by atoms with E-state index in [0.29, 0.717) is 6.61 Å². The minimum absolute atomic E-state index is 0.0103. The molecule has 3 nitrogen and oxygen atoms in total. The van der Waals surface area contributed by atoms with Gasteiger partial charge in [0.15, 0.2) is 5.79 Å². The maximum absolute atomic E-state index is 8.85. The first kappa shape index (κ1) is 7.98. The monoisotopic (exact) mass is 146 g/mol. The largest absolute Gasteiger partial charge is 0.393 e. The van der Waals surface area contributed by atoms with Crippen molar-refractivity contribution in [3.8, 4) is 0 Å². The predicted octanol–water partition coefficient (Wildman–Crippen LogP) is 0.520. The maximum Gasteiger partial charge on any atom is 0.163 e. The van der Waals surface area contributed by atoms with Crippen LogP contribution in [0.3, 0.4) is 0 Å². The molecule has 0 aliphatic carbocycles. The van der Waals surface area contributed by atoms with Gasteiger partial charge in [-0.3, -0.25) is 0 Å². The first-order valence-corrected chi connectivity index (χ1v) is 3.42. The van der Waals surface area contributed by atoms with Crippen LogP contribution in [0.15, 0.2) is 0 Å². The quantitative estimate of drug-likeness (QED) is 0.586. The Morgan fingerprint density at radius 1 is 1.40 bits per heavy atom. The van der Waals surface area contributed by atoms with Crippen molar-refractivity contribution < 1.29 is 14.6 Å². The summed E-state index contributed by atoms with van der Waals surface area (Å²) in [5, 5.41) is 8.85. The topological polar surface area (TPSA) is 38.7 Å². The highest BCUT2D eigenvalue weighted by atomic mass is 16.8.